The number of fused-ring (bicyclic) bond motifs is 3. The van der Waals surface area contributed by atoms with E-state index in [0.29, 0.717) is 12.1 Å². The quantitative estimate of drug-likeness (QED) is 0.779. The fourth-order valence-electron chi connectivity index (χ4n) is 4.32. The third-order valence-corrected chi connectivity index (χ3v) is 7.53. The van der Waals surface area contributed by atoms with Crippen molar-refractivity contribution >= 4 is 33.3 Å². The van der Waals surface area contributed by atoms with Crippen LogP contribution in [0, 0.1) is 0 Å². The molecule has 2 heterocycles. The number of nitrogens with zero attached hydrogens (tertiary/aromatic N) is 2. The molecule has 0 spiro atoms. The number of nitrogens with one attached hydrogen (secondary N) is 1. The topological polar surface area (TPSA) is 46.9 Å². The molecular weight excluding hydrogens is 350 g/mol. The molecule has 25 heavy (non-hydrogen) atoms. The molecular formula is C19H27N3OS2. The summed E-state index contributed by atoms with van der Waals surface area (Å²) in [5.41, 5.74) is 1.51. The zero-order chi connectivity index (χ0) is 17.2. The van der Waals surface area contributed by atoms with Crippen LogP contribution in [0.5, 0.6) is 0 Å². The van der Waals surface area contributed by atoms with E-state index in [9.17, 15) is 4.79 Å². The van der Waals surface area contributed by atoms with Crippen molar-refractivity contribution in [3.05, 3.63) is 27.1 Å². The molecule has 1 saturated carbocycles. The van der Waals surface area contributed by atoms with Crippen molar-refractivity contribution in [2.24, 2.45) is 0 Å². The number of thioether (sulfide) groups is 1. The Morgan fingerprint density at radius 3 is 3.00 bits per heavy atom. The maximum atomic E-state index is 13.1. The summed E-state index contributed by atoms with van der Waals surface area (Å²) in [5, 5.41) is 4.63. The molecule has 2 aliphatic carbocycles. The summed E-state index contributed by atoms with van der Waals surface area (Å²) in [5.74, 6) is 1.22. The third-order valence-electron chi connectivity index (χ3n) is 5.67. The lowest BCUT2D eigenvalue weighted by atomic mass is 9.93. The van der Waals surface area contributed by atoms with E-state index in [4.69, 9.17) is 0 Å². The zero-order valence-electron chi connectivity index (χ0n) is 14.9. The number of aromatic nitrogens is 2. The molecule has 0 bridgehead atoms. The van der Waals surface area contributed by atoms with Crippen LogP contribution in [-0.2, 0) is 12.8 Å². The van der Waals surface area contributed by atoms with Gasteiger partial charge in [-0.15, -0.1) is 11.3 Å². The SMILES string of the molecule is CSCCCN[C@H]1CCc2c(sc3ncn(C4CCCC4)c(=O)c23)C1. The average molecular weight is 378 g/mol. The van der Waals surface area contributed by atoms with Gasteiger partial charge in [0.2, 0.25) is 0 Å². The monoisotopic (exact) mass is 377 g/mol. The van der Waals surface area contributed by atoms with Gasteiger partial charge in [0.15, 0.2) is 0 Å². The second kappa shape index (κ2) is 7.80. The van der Waals surface area contributed by atoms with Crippen molar-refractivity contribution in [3.63, 3.8) is 0 Å². The van der Waals surface area contributed by atoms with Gasteiger partial charge in [0.1, 0.15) is 4.83 Å². The second-order valence-corrected chi connectivity index (χ2v) is 9.39. The average Bonchev–Trinajstić information content (AvgIpc) is 3.26. The Labute approximate surface area is 157 Å². The molecule has 2 aromatic heterocycles. The van der Waals surface area contributed by atoms with E-state index in [0.717, 1.165) is 48.9 Å². The van der Waals surface area contributed by atoms with Gasteiger partial charge >= 0.3 is 0 Å². The highest BCUT2D eigenvalue weighted by Gasteiger charge is 2.26. The Balaban J connectivity index is 1.56. The van der Waals surface area contributed by atoms with E-state index in [-0.39, 0.29) is 5.56 Å². The largest absolute Gasteiger partial charge is 0.314 e. The van der Waals surface area contributed by atoms with E-state index >= 15 is 0 Å². The summed E-state index contributed by atoms with van der Waals surface area (Å²) in [6, 6.07) is 0.925. The van der Waals surface area contributed by atoms with Gasteiger partial charge < -0.3 is 5.32 Å². The van der Waals surface area contributed by atoms with E-state index in [1.165, 1.54) is 35.5 Å². The van der Waals surface area contributed by atoms with Crippen molar-refractivity contribution in [2.45, 2.75) is 63.5 Å². The van der Waals surface area contributed by atoms with Crippen molar-refractivity contribution < 1.29 is 0 Å². The molecule has 4 rings (SSSR count). The fourth-order valence-corrected chi connectivity index (χ4v) is 6.01. The maximum Gasteiger partial charge on any atom is 0.262 e. The molecule has 2 aliphatic rings. The number of aryl methyl sites for hydroxylation is 1. The first-order valence-corrected chi connectivity index (χ1v) is 11.7. The van der Waals surface area contributed by atoms with Gasteiger partial charge in [0.25, 0.3) is 5.56 Å². The minimum Gasteiger partial charge on any atom is -0.314 e. The molecule has 0 amide bonds. The van der Waals surface area contributed by atoms with Gasteiger partial charge in [-0.25, -0.2) is 4.98 Å². The lowest BCUT2D eigenvalue weighted by Crippen LogP contribution is -2.35. The molecule has 4 nitrogen and oxygen atoms in total. The first kappa shape index (κ1) is 17.6. The maximum absolute atomic E-state index is 13.1. The van der Waals surface area contributed by atoms with Crippen LogP contribution < -0.4 is 10.9 Å². The predicted molar refractivity (Wildman–Crippen MR) is 108 cm³/mol. The van der Waals surface area contributed by atoms with E-state index in [1.54, 1.807) is 17.7 Å². The lowest BCUT2D eigenvalue weighted by Gasteiger charge is -2.23. The molecule has 0 saturated heterocycles. The number of hydrogen-bond donors (Lipinski definition) is 1. The van der Waals surface area contributed by atoms with Crippen LogP contribution in [0.25, 0.3) is 10.2 Å². The molecule has 1 fully saturated rings. The van der Waals surface area contributed by atoms with Crippen molar-refractivity contribution in [3.8, 4) is 0 Å². The number of rotatable bonds is 6. The highest BCUT2D eigenvalue weighted by molar-refractivity contribution is 7.98. The normalized spacial score (nSPS) is 21.1. The minimum absolute atomic E-state index is 0.209. The minimum atomic E-state index is 0.209. The summed E-state index contributed by atoms with van der Waals surface area (Å²) >= 11 is 3.65. The number of thiophene rings is 1. The molecule has 0 aliphatic heterocycles. The molecule has 2 aromatic rings. The van der Waals surface area contributed by atoms with E-state index in [2.05, 4.69) is 16.6 Å². The molecule has 1 atom stereocenters. The molecule has 0 aromatic carbocycles. The fraction of sp³-hybridized carbons (Fsp3) is 0.684. The summed E-state index contributed by atoms with van der Waals surface area (Å²) in [6.45, 7) is 1.10. The van der Waals surface area contributed by atoms with Gasteiger partial charge in [-0.05, 0) is 62.6 Å². The van der Waals surface area contributed by atoms with Gasteiger partial charge in [0, 0.05) is 17.0 Å². The lowest BCUT2D eigenvalue weighted by molar-refractivity contribution is 0.464. The standard InChI is InChI=1S/C19H27N3OS2/c1-24-10-4-9-20-13-7-8-15-16(11-13)25-18-17(15)19(23)22(12-21-18)14-5-2-3-6-14/h12-14,20H,2-11H2,1H3/t13-/m0/s1. The molecule has 1 N–H and O–H groups in total. The van der Waals surface area contributed by atoms with Gasteiger partial charge in [-0.3, -0.25) is 9.36 Å². The Morgan fingerprint density at radius 1 is 1.36 bits per heavy atom. The van der Waals surface area contributed by atoms with Crippen LogP contribution in [0.4, 0.5) is 0 Å². The highest BCUT2D eigenvalue weighted by atomic mass is 32.2. The van der Waals surface area contributed by atoms with Crippen LogP contribution in [0.3, 0.4) is 0 Å². The smallest absolute Gasteiger partial charge is 0.262 e. The predicted octanol–water partition coefficient (Wildman–Crippen LogP) is 3.77. The van der Waals surface area contributed by atoms with Crippen LogP contribution >= 0.6 is 23.1 Å². The summed E-state index contributed by atoms with van der Waals surface area (Å²) in [4.78, 5) is 20.1. The molecule has 0 unspecified atom stereocenters. The van der Waals surface area contributed by atoms with Crippen molar-refractivity contribution in [1.82, 2.24) is 14.9 Å². The summed E-state index contributed by atoms with van der Waals surface area (Å²) in [6.07, 6.45) is 13.1. The van der Waals surface area contributed by atoms with Crippen LogP contribution in [-0.4, -0.2) is 34.1 Å². The first-order valence-electron chi connectivity index (χ1n) is 9.51. The van der Waals surface area contributed by atoms with Crippen LogP contribution in [0.15, 0.2) is 11.1 Å². The number of hydrogen-bond acceptors (Lipinski definition) is 5. The Morgan fingerprint density at radius 2 is 2.20 bits per heavy atom. The zero-order valence-corrected chi connectivity index (χ0v) is 16.6. The Kier molecular flexibility index (Phi) is 5.48. The highest BCUT2D eigenvalue weighted by Crippen LogP contribution is 2.35. The van der Waals surface area contributed by atoms with E-state index in [1.807, 2.05) is 16.3 Å². The van der Waals surface area contributed by atoms with Gasteiger partial charge in [0.05, 0.1) is 11.7 Å². The van der Waals surface area contributed by atoms with Gasteiger partial charge in [-0.2, -0.15) is 11.8 Å². The Bertz CT molecular complexity index is 792. The van der Waals surface area contributed by atoms with E-state index < -0.39 is 0 Å². The second-order valence-electron chi connectivity index (χ2n) is 7.32. The third kappa shape index (κ3) is 3.53. The summed E-state index contributed by atoms with van der Waals surface area (Å²) in [7, 11) is 0. The molecule has 136 valence electrons. The summed E-state index contributed by atoms with van der Waals surface area (Å²) < 4.78 is 1.93. The van der Waals surface area contributed by atoms with Crippen LogP contribution in [0.2, 0.25) is 0 Å². The molecule has 0 radical (unpaired) electrons. The van der Waals surface area contributed by atoms with Crippen molar-refractivity contribution in [2.75, 3.05) is 18.6 Å². The van der Waals surface area contributed by atoms with Crippen molar-refractivity contribution in [1.29, 1.82) is 0 Å². The Hall–Kier alpha value is -0.850. The first-order chi connectivity index (χ1) is 12.3. The molecule has 6 heteroatoms. The van der Waals surface area contributed by atoms with Crippen LogP contribution in [0.1, 0.15) is 55.0 Å². The van der Waals surface area contributed by atoms with Gasteiger partial charge in [-0.1, -0.05) is 12.8 Å².